The van der Waals surface area contributed by atoms with E-state index < -0.39 is 17.9 Å². The van der Waals surface area contributed by atoms with Gasteiger partial charge in [0.2, 0.25) is 11.0 Å². The van der Waals surface area contributed by atoms with E-state index in [0.29, 0.717) is 25.7 Å². The number of nitrogens with one attached hydrogen (secondary N) is 2. The van der Waals surface area contributed by atoms with E-state index in [1.807, 2.05) is 42.5 Å². The first-order chi connectivity index (χ1) is 16.4. The molecule has 3 aromatic carbocycles. The van der Waals surface area contributed by atoms with Crippen molar-refractivity contribution in [3.05, 3.63) is 99.0 Å². The minimum atomic E-state index is -0.872. The average molecular weight is 532 g/mol. The second-order valence-electron chi connectivity index (χ2n) is 7.26. The first-order valence-corrected chi connectivity index (χ1v) is 12.0. The molecule has 1 aromatic heterocycles. The van der Waals surface area contributed by atoms with Gasteiger partial charge in [0.25, 0.3) is 5.91 Å². The Morgan fingerprint density at radius 3 is 2.41 bits per heavy atom. The summed E-state index contributed by atoms with van der Waals surface area (Å²) in [7, 11) is 0. The third-order valence-corrected chi connectivity index (χ3v) is 6.67. The molecule has 172 valence electrons. The van der Waals surface area contributed by atoms with Gasteiger partial charge in [-0.1, -0.05) is 88.6 Å². The van der Waals surface area contributed by atoms with Gasteiger partial charge in [0.15, 0.2) is 0 Å². The lowest BCUT2D eigenvalue weighted by molar-refractivity contribution is -0.118. The van der Waals surface area contributed by atoms with Crippen molar-refractivity contribution in [2.75, 3.05) is 5.32 Å². The smallest absolute Gasteiger partial charge is 0.251 e. The molecule has 0 unspecified atom stereocenters. The van der Waals surface area contributed by atoms with Crippen LogP contribution < -0.4 is 10.6 Å². The number of carbonyl (C=O) groups excluding carboxylic acids is 2. The van der Waals surface area contributed by atoms with Gasteiger partial charge < -0.3 is 5.32 Å². The van der Waals surface area contributed by atoms with Crippen molar-refractivity contribution in [1.82, 2.24) is 15.5 Å². The van der Waals surface area contributed by atoms with E-state index in [9.17, 15) is 9.59 Å². The normalized spacial score (nSPS) is 11.6. The molecule has 0 spiro atoms. The number of rotatable bonds is 7. The third-order valence-electron chi connectivity index (χ3n) is 4.81. The first-order valence-electron chi connectivity index (χ1n) is 10.1. The molecule has 4 aromatic rings. The zero-order valence-corrected chi connectivity index (χ0v) is 20.6. The summed E-state index contributed by atoms with van der Waals surface area (Å²) < 4.78 is 0. The molecule has 4 rings (SSSR count). The van der Waals surface area contributed by atoms with E-state index in [1.54, 1.807) is 18.2 Å². The predicted molar refractivity (Wildman–Crippen MR) is 137 cm³/mol. The summed E-state index contributed by atoms with van der Waals surface area (Å²) in [4.78, 5) is 26.0. The van der Waals surface area contributed by atoms with Crippen LogP contribution >= 0.6 is 46.1 Å². The van der Waals surface area contributed by atoms with Gasteiger partial charge in [-0.2, -0.15) is 0 Å². The number of amides is 2. The summed E-state index contributed by atoms with van der Waals surface area (Å²) in [6.07, 6.45) is 0.277. The highest BCUT2D eigenvalue weighted by molar-refractivity contribution is 7.18. The molecular formula is C24H17Cl3N4O2S. The Bertz CT molecular complexity index is 1330. The maximum Gasteiger partial charge on any atom is 0.251 e. The van der Waals surface area contributed by atoms with Gasteiger partial charge in [-0.25, -0.2) is 0 Å². The highest BCUT2D eigenvalue weighted by Gasteiger charge is 2.24. The summed E-state index contributed by atoms with van der Waals surface area (Å²) >= 11 is 19.3. The molecule has 1 atom stereocenters. The highest BCUT2D eigenvalue weighted by Crippen LogP contribution is 2.28. The second-order valence-corrected chi connectivity index (χ2v) is 9.48. The van der Waals surface area contributed by atoms with Crippen molar-refractivity contribution in [2.24, 2.45) is 0 Å². The van der Waals surface area contributed by atoms with Crippen LogP contribution in [-0.2, 0) is 11.2 Å². The van der Waals surface area contributed by atoms with E-state index in [1.165, 1.54) is 23.5 Å². The van der Waals surface area contributed by atoms with Gasteiger partial charge in [0.05, 0.1) is 10.0 Å². The molecule has 0 saturated carbocycles. The zero-order valence-electron chi connectivity index (χ0n) is 17.5. The fourth-order valence-corrected chi connectivity index (χ4v) is 4.37. The Balaban J connectivity index is 1.53. The minimum Gasteiger partial charge on any atom is -0.340 e. The van der Waals surface area contributed by atoms with Gasteiger partial charge in [0.1, 0.15) is 11.0 Å². The number of aromatic nitrogens is 2. The Labute approximate surface area is 214 Å². The molecule has 0 radical (unpaired) electrons. The molecule has 6 nitrogen and oxygen atoms in total. The molecule has 0 aliphatic heterocycles. The van der Waals surface area contributed by atoms with Crippen LogP contribution in [0.5, 0.6) is 0 Å². The Morgan fingerprint density at radius 1 is 0.882 bits per heavy atom. The summed E-state index contributed by atoms with van der Waals surface area (Å²) in [5.74, 6) is -0.877. The lowest BCUT2D eigenvalue weighted by Crippen LogP contribution is -2.45. The SMILES string of the molecule is O=C(N[C@@H](Cc1ccccc1)C(=O)Nc1nnc(-c2cccc(Cl)c2)s1)c1ccc(Cl)c(Cl)c1. The molecule has 2 amide bonds. The summed E-state index contributed by atoms with van der Waals surface area (Å²) in [5, 5.41) is 15.8. The number of halogens is 3. The van der Waals surface area contributed by atoms with Gasteiger partial charge in [-0.3, -0.25) is 14.9 Å². The van der Waals surface area contributed by atoms with Crippen molar-refractivity contribution in [3.8, 4) is 10.6 Å². The number of hydrogen-bond acceptors (Lipinski definition) is 5. The molecule has 0 aliphatic rings. The fourth-order valence-electron chi connectivity index (χ4n) is 3.14. The number of anilines is 1. The quantitative estimate of drug-likeness (QED) is 0.300. The van der Waals surface area contributed by atoms with Crippen LogP contribution in [0, 0.1) is 0 Å². The maximum atomic E-state index is 13.1. The van der Waals surface area contributed by atoms with Crippen LogP contribution in [0.15, 0.2) is 72.8 Å². The van der Waals surface area contributed by atoms with Crippen molar-refractivity contribution < 1.29 is 9.59 Å². The highest BCUT2D eigenvalue weighted by atomic mass is 35.5. The maximum absolute atomic E-state index is 13.1. The predicted octanol–water partition coefficient (Wildman–Crippen LogP) is 6.15. The van der Waals surface area contributed by atoms with Crippen molar-refractivity contribution >= 4 is 63.1 Å². The Hall–Kier alpha value is -2.97. The van der Waals surface area contributed by atoms with E-state index >= 15 is 0 Å². The molecular weight excluding hydrogens is 515 g/mol. The summed E-state index contributed by atoms with van der Waals surface area (Å²) in [6.45, 7) is 0. The minimum absolute atomic E-state index is 0.251. The average Bonchev–Trinajstić information content (AvgIpc) is 3.29. The van der Waals surface area contributed by atoms with Crippen LogP contribution in [0.1, 0.15) is 15.9 Å². The largest absolute Gasteiger partial charge is 0.340 e. The molecule has 10 heteroatoms. The van der Waals surface area contributed by atoms with Gasteiger partial charge in [-0.15, -0.1) is 10.2 Å². The number of nitrogens with zero attached hydrogens (tertiary/aromatic N) is 2. The van der Waals surface area contributed by atoms with Crippen LogP contribution in [0.3, 0.4) is 0 Å². The monoisotopic (exact) mass is 530 g/mol. The third kappa shape index (κ3) is 6.12. The lowest BCUT2D eigenvalue weighted by Gasteiger charge is -2.18. The number of hydrogen-bond donors (Lipinski definition) is 2. The lowest BCUT2D eigenvalue weighted by atomic mass is 10.0. The van der Waals surface area contributed by atoms with E-state index in [4.69, 9.17) is 34.8 Å². The van der Waals surface area contributed by atoms with Crippen LogP contribution in [0.25, 0.3) is 10.6 Å². The first kappa shape index (κ1) is 24.2. The number of benzene rings is 3. The van der Waals surface area contributed by atoms with Gasteiger partial charge >= 0.3 is 0 Å². The Morgan fingerprint density at radius 2 is 1.68 bits per heavy atom. The van der Waals surface area contributed by atoms with Gasteiger partial charge in [0, 0.05) is 22.6 Å². The van der Waals surface area contributed by atoms with Crippen LogP contribution in [0.2, 0.25) is 15.1 Å². The molecule has 0 aliphatic carbocycles. The fraction of sp³-hybridized carbons (Fsp3) is 0.0833. The zero-order chi connectivity index (χ0) is 24.1. The topological polar surface area (TPSA) is 84.0 Å². The Kier molecular flexibility index (Phi) is 7.80. The van der Waals surface area contributed by atoms with Crippen molar-refractivity contribution in [2.45, 2.75) is 12.5 Å². The second kappa shape index (κ2) is 11.0. The molecule has 0 saturated heterocycles. The van der Waals surface area contributed by atoms with E-state index in [2.05, 4.69) is 20.8 Å². The molecule has 2 N–H and O–H groups in total. The molecule has 1 heterocycles. The van der Waals surface area contributed by atoms with Gasteiger partial charge in [-0.05, 0) is 35.9 Å². The van der Waals surface area contributed by atoms with Crippen molar-refractivity contribution in [3.63, 3.8) is 0 Å². The van der Waals surface area contributed by atoms with E-state index in [-0.39, 0.29) is 11.4 Å². The summed E-state index contributed by atoms with van der Waals surface area (Å²) in [5.41, 5.74) is 1.97. The standard InChI is InChI=1S/C24H17Cl3N4O2S/c25-17-8-4-7-16(12-17)23-30-31-24(34-23)29-22(33)20(11-14-5-2-1-3-6-14)28-21(32)15-9-10-18(26)19(27)13-15/h1-10,12-13,20H,11H2,(H,28,32)(H,29,31,33)/t20-/m0/s1. The molecule has 34 heavy (non-hydrogen) atoms. The molecule has 0 fully saturated rings. The summed E-state index contributed by atoms with van der Waals surface area (Å²) in [6, 6.07) is 20.2. The van der Waals surface area contributed by atoms with Crippen LogP contribution in [-0.4, -0.2) is 28.1 Å². The van der Waals surface area contributed by atoms with Crippen molar-refractivity contribution in [1.29, 1.82) is 0 Å². The van der Waals surface area contributed by atoms with Crippen LogP contribution in [0.4, 0.5) is 5.13 Å². The number of carbonyl (C=O) groups is 2. The van der Waals surface area contributed by atoms with E-state index in [0.717, 1.165) is 11.1 Å². The molecule has 0 bridgehead atoms.